The number of hydrogen-bond acceptors (Lipinski definition) is 6. The Morgan fingerprint density at radius 1 is 1.32 bits per heavy atom. The van der Waals surface area contributed by atoms with Crippen molar-refractivity contribution in [3.05, 3.63) is 40.7 Å². The van der Waals surface area contributed by atoms with Crippen molar-refractivity contribution in [3.8, 4) is 0 Å². The Bertz CT molecular complexity index is 798. The highest BCUT2D eigenvalue weighted by Gasteiger charge is 2.30. The number of hydrogen-bond donors (Lipinski definition) is 2. The first kappa shape index (κ1) is 18.3. The van der Waals surface area contributed by atoms with Crippen LogP contribution in [0.3, 0.4) is 0 Å². The fraction of sp³-hybridized carbons (Fsp3) is 0.471. The summed E-state index contributed by atoms with van der Waals surface area (Å²) >= 11 is 1.51. The lowest BCUT2D eigenvalue weighted by atomic mass is 9.99. The molecule has 136 valence electrons. The lowest BCUT2D eigenvalue weighted by Gasteiger charge is -2.27. The summed E-state index contributed by atoms with van der Waals surface area (Å²) < 4.78 is 27.4. The van der Waals surface area contributed by atoms with Gasteiger partial charge in [0.15, 0.2) is 0 Å². The van der Waals surface area contributed by atoms with Gasteiger partial charge in [-0.05, 0) is 54.3 Å². The van der Waals surface area contributed by atoms with E-state index in [4.69, 9.17) is 0 Å². The van der Waals surface area contributed by atoms with Crippen LogP contribution < -0.4 is 5.32 Å². The van der Waals surface area contributed by atoms with Crippen molar-refractivity contribution >= 4 is 27.2 Å². The van der Waals surface area contributed by atoms with Crippen LogP contribution in [0.2, 0.25) is 0 Å². The first-order chi connectivity index (χ1) is 11.9. The van der Waals surface area contributed by atoms with E-state index in [0.717, 1.165) is 24.8 Å². The van der Waals surface area contributed by atoms with Crippen molar-refractivity contribution in [1.82, 2.24) is 9.29 Å². The second-order valence-electron chi connectivity index (χ2n) is 6.45. The summed E-state index contributed by atoms with van der Waals surface area (Å²) in [6.07, 6.45) is 4.38. The molecule has 3 heterocycles. The number of aromatic nitrogens is 1. The first-order valence-corrected chi connectivity index (χ1v) is 10.7. The van der Waals surface area contributed by atoms with Crippen molar-refractivity contribution in [2.24, 2.45) is 0 Å². The van der Waals surface area contributed by atoms with Gasteiger partial charge in [-0.2, -0.15) is 15.6 Å². The Morgan fingerprint density at radius 2 is 2.08 bits per heavy atom. The molecule has 3 rings (SSSR count). The minimum absolute atomic E-state index is 0.165. The zero-order chi connectivity index (χ0) is 17.9. The molecule has 6 nitrogen and oxygen atoms in total. The molecule has 8 heteroatoms. The third kappa shape index (κ3) is 4.03. The summed E-state index contributed by atoms with van der Waals surface area (Å²) in [6.45, 7) is 2.96. The summed E-state index contributed by atoms with van der Waals surface area (Å²) in [5, 5.41) is 17.4. The van der Waals surface area contributed by atoms with Crippen molar-refractivity contribution in [2.75, 3.05) is 25.0 Å². The van der Waals surface area contributed by atoms with Crippen LogP contribution in [0.15, 0.2) is 40.1 Å². The standard InChI is InChI=1S/C17H23N3O3S2/c1-17(21,14-7-11-24-12-14)13-19-16-15(6-5-8-18-16)25(22,23)20-9-3-2-4-10-20/h5-8,11-12,21H,2-4,9-10,13H2,1H3,(H,18,19). The van der Waals surface area contributed by atoms with Crippen LogP contribution in [0.1, 0.15) is 31.7 Å². The molecular formula is C17H23N3O3S2. The van der Waals surface area contributed by atoms with E-state index in [9.17, 15) is 13.5 Å². The maximum absolute atomic E-state index is 12.9. The highest BCUT2D eigenvalue weighted by molar-refractivity contribution is 7.89. The van der Waals surface area contributed by atoms with Crippen LogP contribution in [0.25, 0.3) is 0 Å². The van der Waals surface area contributed by atoms with E-state index in [-0.39, 0.29) is 17.3 Å². The molecule has 0 spiro atoms. The predicted molar refractivity (Wildman–Crippen MR) is 99.2 cm³/mol. The summed E-state index contributed by atoms with van der Waals surface area (Å²) in [5.74, 6) is 0.281. The second kappa shape index (κ2) is 7.41. The summed E-state index contributed by atoms with van der Waals surface area (Å²) in [6, 6.07) is 5.05. The van der Waals surface area contributed by atoms with Gasteiger partial charge in [0.05, 0.1) is 0 Å². The maximum Gasteiger partial charge on any atom is 0.246 e. The number of thiophene rings is 1. The Hall–Kier alpha value is -1.48. The number of sulfonamides is 1. The Labute approximate surface area is 152 Å². The highest BCUT2D eigenvalue weighted by atomic mass is 32.2. The number of anilines is 1. The third-order valence-electron chi connectivity index (χ3n) is 4.45. The van der Waals surface area contributed by atoms with E-state index >= 15 is 0 Å². The molecule has 0 radical (unpaired) electrons. The molecule has 0 saturated carbocycles. The van der Waals surface area contributed by atoms with Crippen LogP contribution in [0, 0.1) is 0 Å². The minimum atomic E-state index is -3.59. The van der Waals surface area contributed by atoms with E-state index in [1.165, 1.54) is 15.6 Å². The molecule has 1 aliphatic heterocycles. The van der Waals surface area contributed by atoms with E-state index in [2.05, 4.69) is 10.3 Å². The highest BCUT2D eigenvalue weighted by Crippen LogP contribution is 2.27. The molecule has 2 aromatic rings. The van der Waals surface area contributed by atoms with Gasteiger partial charge in [0.25, 0.3) is 0 Å². The number of nitrogens with one attached hydrogen (secondary N) is 1. The normalized spacial score (nSPS) is 18.6. The number of rotatable bonds is 6. The molecule has 25 heavy (non-hydrogen) atoms. The summed E-state index contributed by atoms with van der Waals surface area (Å²) in [5.41, 5.74) is -0.315. The molecule has 0 aromatic carbocycles. The Balaban J connectivity index is 1.81. The third-order valence-corrected chi connectivity index (χ3v) is 7.06. The van der Waals surface area contributed by atoms with Crippen LogP contribution in [-0.2, 0) is 15.6 Å². The van der Waals surface area contributed by atoms with Gasteiger partial charge in [-0.25, -0.2) is 13.4 Å². The summed E-state index contributed by atoms with van der Waals surface area (Å²) in [4.78, 5) is 4.36. The quantitative estimate of drug-likeness (QED) is 0.804. The average molecular weight is 382 g/mol. The smallest absolute Gasteiger partial charge is 0.246 e. The van der Waals surface area contributed by atoms with Crippen LogP contribution >= 0.6 is 11.3 Å². The molecule has 1 atom stereocenters. The SMILES string of the molecule is CC(O)(CNc1ncccc1S(=O)(=O)N1CCCCC1)c1ccsc1. The van der Waals surface area contributed by atoms with Crippen LogP contribution in [0.4, 0.5) is 5.82 Å². The molecule has 2 N–H and O–H groups in total. The maximum atomic E-state index is 12.9. The van der Waals surface area contributed by atoms with E-state index < -0.39 is 15.6 Å². The molecule has 1 fully saturated rings. The monoisotopic (exact) mass is 381 g/mol. The molecule has 1 unspecified atom stereocenters. The van der Waals surface area contributed by atoms with Crippen molar-refractivity contribution in [3.63, 3.8) is 0 Å². The molecule has 0 aliphatic carbocycles. The number of nitrogens with zero attached hydrogens (tertiary/aromatic N) is 2. The predicted octanol–water partition coefficient (Wildman–Crippen LogP) is 2.64. The van der Waals surface area contributed by atoms with Crippen LogP contribution in [-0.4, -0.2) is 42.4 Å². The van der Waals surface area contributed by atoms with Gasteiger partial charge in [-0.1, -0.05) is 6.42 Å². The number of piperidine rings is 1. The minimum Gasteiger partial charge on any atom is -0.384 e. The molecular weight excluding hydrogens is 358 g/mol. The molecule has 0 amide bonds. The van der Waals surface area contributed by atoms with Gasteiger partial charge < -0.3 is 10.4 Å². The lowest BCUT2D eigenvalue weighted by Crippen LogP contribution is -2.36. The lowest BCUT2D eigenvalue weighted by molar-refractivity contribution is 0.0718. The fourth-order valence-corrected chi connectivity index (χ4v) is 5.32. The van der Waals surface area contributed by atoms with Crippen LogP contribution in [0.5, 0.6) is 0 Å². The molecule has 1 aliphatic rings. The molecule has 1 saturated heterocycles. The second-order valence-corrected chi connectivity index (χ2v) is 9.14. The van der Waals surface area contributed by atoms with Gasteiger partial charge in [-0.3, -0.25) is 0 Å². The number of pyridine rings is 1. The van der Waals surface area contributed by atoms with Crippen molar-refractivity contribution in [2.45, 2.75) is 36.7 Å². The molecule has 0 bridgehead atoms. The summed E-state index contributed by atoms with van der Waals surface area (Å²) in [7, 11) is -3.59. The average Bonchev–Trinajstić information content (AvgIpc) is 3.17. The van der Waals surface area contributed by atoms with Gasteiger partial charge >= 0.3 is 0 Å². The zero-order valence-electron chi connectivity index (χ0n) is 14.2. The van der Waals surface area contributed by atoms with E-state index in [1.807, 2.05) is 16.8 Å². The van der Waals surface area contributed by atoms with Gasteiger partial charge in [-0.15, -0.1) is 0 Å². The fourth-order valence-electron chi connectivity index (χ4n) is 2.90. The van der Waals surface area contributed by atoms with E-state index in [1.54, 1.807) is 25.3 Å². The van der Waals surface area contributed by atoms with Crippen molar-refractivity contribution in [1.29, 1.82) is 0 Å². The topological polar surface area (TPSA) is 82.5 Å². The Morgan fingerprint density at radius 3 is 2.76 bits per heavy atom. The Kier molecular flexibility index (Phi) is 5.43. The van der Waals surface area contributed by atoms with Gasteiger partial charge in [0, 0.05) is 25.8 Å². The van der Waals surface area contributed by atoms with Crippen molar-refractivity contribution < 1.29 is 13.5 Å². The van der Waals surface area contributed by atoms with Gasteiger partial charge in [0.2, 0.25) is 10.0 Å². The zero-order valence-corrected chi connectivity index (χ0v) is 15.8. The first-order valence-electron chi connectivity index (χ1n) is 8.35. The van der Waals surface area contributed by atoms with E-state index in [0.29, 0.717) is 13.1 Å². The van der Waals surface area contributed by atoms with Gasteiger partial charge in [0.1, 0.15) is 16.3 Å². The molecule has 2 aromatic heterocycles. The number of aliphatic hydroxyl groups is 1. The largest absolute Gasteiger partial charge is 0.384 e.